The van der Waals surface area contributed by atoms with Crippen molar-refractivity contribution in [1.29, 1.82) is 0 Å². The molecular weight excluding hydrogens is 374 g/mol. The van der Waals surface area contributed by atoms with E-state index in [0.717, 1.165) is 36.6 Å². The Morgan fingerprint density at radius 2 is 2.21 bits per heavy atom. The first-order valence-electron chi connectivity index (χ1n) is 9.50. The number of fused-ring (bicyclic) bond motifs is 1. The number of nitrogens with zero attached hydrogens (tertiary/aromatic N) is 4. The molecule has 0 aliphatic carbocycles. The third-order valence-corrected chi connectivity index (χ3v) is 5.79. The molecule has 0 bridgehead atoms. The summed E-state index contributed by atoms with van der Waals surface area (Å²) in [5.41, 5.74) is 0.697. The lowest BCUT2D eigenvalue weighted by Crippen LogP contribution is -2.33. The van der Waals surface area contributed by atoms with Gasteiger partial charge in [-0.2, -0.15) is 5.10 Å². The molecule has 0 radical (unpaired) electrons. The first-order chi connectivity index (χ1) is 13.6. The molecule has 0 spiro atoms. The molecule has 1 amide bonds. The molecule has 1 saturated heterocycles. The highest BCUT2D eigenvalue weighted by Crippen LogP contribution is 2.21. The fourth-order valence-electron chi connectivity index (χ4n) is 3.63. The molecular formula is C20H23N5O2S. The Labute approximate surface area is 167 Å². The van der Waals surface area contributed by atoms with E-state index in [1.807, 2.05) is 17.5 Å². The average Bonchev–Trinajstić information content (AvgIpc) is 3.11. The maximum absolute atomic E-state index is 12.5. The van der Waals surface area contributed by atoms with Crippen LogP contribution in [0.4, 0.5) is 5.13 Å². The topological polar surface area (TPSA) is 80.1 Å². The van der Waals surface area contributed by atoms with E-state index in [1.165, 1.54) is 28.9 Å². The van der Waals surface area contributed by atoms with Gasteiger partial charge < -0.3 is 5.32 Å². The van der Waals surface area contributed by atoms with Crippen LogP contribution in [0.25, 0.3) is 10.8 Å². The minimum absolute atomic E-state index is 0.137. The predicted octanol–water partition coefficient (Wildman–Crippen LogP) is 2.72. The van der Waals surface area contributed by atoms with Crippen LogP contribution in [0.15, 0.2) is 40.6 Å². The highest BCUT2D eigenvalue weighted by atomic mass is 32.1. The zero-order chi connectivity index (χ0) is 19.5. The van der Waals surface area contributed by atoms with E-state index in [0.29, 0.717) is 10.5 Å². The highest BCUT2D eigenvalue weighted by Gasteiger charge is 2.18. The van der Waals surface area contributed by atoms with Crippen molar-refractivity contribution < 1.29 is 4.79 Å². The third-order valence-electron chi connectivity index (χ3n) is 4.98. The second-order valence-electron chi connectivity index (χ2n) is 7.37. The number of carbonyl (C=O) groups is 1. The minimum Gasteiger partial charge on any atom is -0.300 e. The molecule has 4 rings (SSSR count). The van der Waals surface area contributed by atoms with Crippen molar-refractivity contribution in [3.8, 4) is 0 Å². The van der Waals surface area contributed by atoms with Gasteiger partial charge in [0.05, 0.1) is 17.3 Å². The lowest BCUT2D eigenvalue weighted by Gasteiger charge is -2.30. The Morgan fingerprint density at radius 3 is 3.07 bits per heavy atom. The van der Waals surface area contributed by atoms with Crippen molar-refractivity contribution in [2.24, 2.45) is 5.92 Å². The number of anilines is 1. The molecule has 1 N–H and O–H groups in total. The maximum atomic E-state index is 12.5. The lowest BCUT2D eigenvalue weighted by atomic mass is 10.0. The van der Waals surface area contributed by atoms with Crippen molar-refractivity contribution in [2.45, 2.75) is 32.9 Å². The van der Waals surface area contributed by atoms with Gasteiger partial charge in [0.25, 0.3) is 5.56 Å². The zero-order valence-corrected chi connectivity index (χ0v) is 16.6. The highest BCUT2D eigenvalue weighted by molar-refractivity contribution is 7.13. The predicted molar refractivity (Wildman–Crippen MR) is 110 cm³/mol. The van der Waals surface area contributed by atoms with Crippen molar-refractivity contribution >= 4 is 33.1 Å². The Kier molecular flexibility index (Phi) is 5.50. The summed E-state index contributed by atoms with van der Waals surface area (Å²) in [6, 6.07) is 7.22. The first kappa shape index (κ1) is 18.8. The summed E-state index contributed by atoms with van der Waals surface area (Å²) in [4.78, 5) is 31.8. The van der Waals surface area contributed by atoms with E-state index in [-0.39, 0.29) is 18.0 Å². The van der Waals surface area contributed by atoms with E-state index < -0.39 is 0 Å². The van der Waals surface area contributed by atoms with Crippen LogP contribution in [0.2, 0.25) is 0 Å². The van der Waals surface area contributed by atoms with Crippen molar-refractivity contribution in [3.63, 3.8) is 0 Å². The molecule has 3 heterocycles. The molecule has 1 aromatic carbocycles. The van der Waals surface area contributed by atoms with Gasteiger partial charge in [-0.3, -0.25) is 14.5 Å². The van der Waals surface area contributed by atoms with Crippen molar-refractivity contribution in [2.75, 3.05) is 18.4 Å². The minimum atomic E-state index is -0.308. The Balaban J connectivity index is 1.39. The molecule has 3 aromatic rings. The largest absolute Gasteiger partial charge is 0.300 e. The van der Waals surface area contributed by atoms with Gasteiger partial charge in [-0.05, 0) is 31.4 Å². The molecule has 146 valence electrons. The number of thiazole rings is 1. The van der Waals surface area contributed by atoms with Gasteiger partial charge >= 0.3 is 0 Å². The molecule has 1 fully saturated rings. The first-order valence-corrected chi connectivity index (χ1v) is 10.4. The lowest BCUT2D eigenvalue weighted by molar-refractivity contribution is -0.117. The summed E-state index contributed by atoms with van der Waals surface area (Å²) in [5, 5.41) is 10.7. The monoisotopic (exact) mass is 397 g/mol. The zero-order valence-electron chi connectivity index (χ0n) is 15.8. The summed E-state index contributed by atoms with van der Waals surface area (Å²) in [6.07, 6.45) is 4.12. The second kappa shape index (κ2) is 8.20. The number of rotatable bonds is 5. The molecule has 1 aliphatic rings. The SMILES string of the molecule is CC1CCCN(Cc2csc(NC(=O)Cn3ncc4ccccc4c3=O)n2)C1. The van der Waals surface area contributed by atoms with Gasteiger partial charge in [0.1, 0.15) is 6.54 Å². The van der Waals surface area contributed by atoms with E-state index >= 15 is 0 Å². The van der Waals surface area contributed by atoms with Crippen LogP contribution >= 0.6 is 11.3 Å². The summed E-state index contributed by atoms with van der Waals surface area (Å²) >= 11 is 1.41. The normalized spacial score (nSPS) is 17.7. The van der Waals surface area contributed by atoms with Gasteiger partial charge in [-0.1, -0.05) is 25.1 Å². The number of amides is 1. The number of hydrogen-bond donors (Lipinski definition) is 1. The summed E-state index contributed by atoms with van der Waals surface area (Å²) in [7, 11) is 0. The molecule has 2 aromatic heterocycles. The van der Waals surface area contributed by atoms with Gasteiger partial charge in [0.15, 0.2) is 5.13 Å². The van der Waals surface area contributed by atoms with Crippen LogP contribution in [0.1, 0.15) is 25.5 Å². The maximum Gasteiger partial charge on any atom is 0.275 e. The van der Waals surface area contributed by atoms with Crippen LogP contribution in [-0.4, -0.2) is 38.7 Å². The molecule has 1 atom stereocenters. The number of likely N-dealkylation sites (tertiary alicyclic amines) is 1. The summed E-state index contributed by atoms with van der Waals surface area (Å²) in [5.74, 6) is 0.414. The smallest absolute Gasteiger partial charge is 0.275 e. The van der Waals surface area contributed by atoms with Crippen LogP contribution in [-0.2, 0) is 17.9 Å². The van der Waals surface area contributed by atoms with Crippen LogP contribution in [0.3, 0.4) is 0 Å². The summed E-state index contributed by atoms with van der Waals surface area (Å²) < 4.78 is 1.18. The van der Waals surface area contributed by atoms with E-state index in [1.54, 1.807) is 18.3 Å². The fraction of sp³-hybridized carbons (Fsp3) is 0.400. The van der Waals surface area contributed by atoms with Gasteiger partial charge in [-0.15, -0.1) is 11.3 Å². The second-order valence-corrected chi connectivity index (χ2v) is 8.23. The summed E-state index contributed by atoms with van der Waals surface area (Å²) in [6.45, 7) is 5.14. The standard InChI is InChI=1S/C20H23N5O2S/c1-14-5-4-8-24(10-14)11-16-13-28-20(22-16)23-18(26)12-25-19(27)17-7-3-2-6-15(17)9-21-25/h2-3,6-7,9,13-14H,4-5,8,10-12H2,1H3,(H,22,23,26). The van der Waals surface area contributed by atoms with E-state index in [9.17, 15) is 9.59 Å². The molecule has 0 saturated carbocycles. The van der Waals surface area contributed by atoms with E-state index in [4.69, 9.17) is 0 Å². The van der Waals surface area contributed by atoms with Crippen LogP contribution < -0.4 is 10.9 Å². The molecule has 7 nitrogen and oxygen atoms in total. The fourth-order valence-corrected chi connectivity index (χ4v) is 4.35. The molecule has 28 heavy (non-hydrogen) atoms. The number of benzene rings is 1. The Hall–Kier alpha value is -2.58. The van der Waals surface area contributed by atoms with Crippen molar-refractivity contribution in [1.82, 2.24) is 19.7 Å². The third kappa shape index (κ3) is 4.28. The number of aromatic nitrogens is 3. The van der Waals surface area contributed by atoms with Gasteiger partial charge in [0, 0.05) is 23.9 Å². The number of piperidine rings is 1. The van der Waals surface area contributed by atoms with E-state index in [2.05, 4.69) is 27.2 Å². The van der Waals surface area contributed by atoms with Crippen LogP contribution in [0, 0.1) is 5.92 Å². The molecule has 1 aliphatic heterocycles. The number of carbonyl (C=O) groups excluding carboxylic acids is 1. The van der Waals surface area contributed by atoms with Gasteiger partial charge in [0.2, 0.25) is 5.91 Å². The van der Waals surface area contributed by atoms with Crippen molar-refractivity contribution in [3.05, 3.63) is 51.9 Å². The molecule has 8 heteroatoms. The Morgan fingerprint density at radius 1 is 1.36 bits per heavy atom. The van der Waals surface area contributed by atoms with Gasteiger partial charge in [-0.25, -0.2) is 9.67 Å². The molecule has 1 unspecified atom stereocenters. The Bertz CT molecular complexity index is 1040. The quantitative estimate of drug-likeness (QED) is 0.716. The number of nitrogens with one attached hydrogen (secondary N) is 1. The van der Waals surface area contributed by atoms with Crippen LogP contribution in [0.5, 0.6) is 0 Å². The average molecular weight is 398 g/mol. The number of hydrogen-bond acceptors (Lipinski definition) is 6.